The van der Waals surface area contributed by atoms with Crippen LogP contribution < -0.4 is 4.74 Å². The Balaban J connectivity index is 1.78. The van der Waals surface area contributed by atoms with E-state index in [0.717, 1.165) is 43.9 Å². The molecule has 1 aromatic rings. The van der Waals surface area contributed by atoms with E-state index in [1.54, 1.807) is 7.11 Å². The van der Waals surface area contributed by atoms with E-state index in [2.05, 4.69) is 18.7 Å². The summed E-state index contributed by atoms with van der Waals surface area (Å²) in [4.78, 5) is 17.6. The summed E-state index contributed by atoms with van der Waals surface area (Å²) in [6, 6.07) is 5.63. The molecule has 1 amide bonds. The second kappa shape index (κ2) is 7.57. The van der Waals surface area contributed by atoms with Crippen molar-refractivity contribution < 1.29 is 14.6 Å². The number of ether oxygens (including phenoxy) is 1. The highest BCUT2D eigenvalue weighted by Crippen LogP contribution is 2.43. The van der Waals surface area contributed by atoms with Crippen LogP contribution >= 0.6 is 0 Å². The number of carbonyl (C=O) groups is 1. The molecule has 0 radical (unpaired) electrons. The first-order chi connectivity index (χ1) is 12.4. The number of hydrogen-bond acceptors (Lipinski definition) is 4. The number of benzene rings is 1. The van der Waals surface area contributed by atoms with Gasteiger partial charge >= 0.3 is 0 Å². The Hall–Kier alpha value is -1.59. The predicted octanol–water partition coefficient (Wildman–Crippen LogP) is 2.42. The lowest BCUT2D eigenvalue weighted by Gasteiger charge is -2.42. The summed E-state index contributed by atoms with van der Waals surface area (Å²) < 4.78 is 5.37. The van der Waals surface area contributed by atoms with Gasteiger partial charge in [0.15, 0.2) is 0 Å². The first-order valence-electron chi connectivity index (χ1n) is 9.66. The zero-order valence-electron chi connectivity index (χ0n) is 16.5. The minimum Gasteiger partial charge on any atom is -0.496 e. The highest BCUT2D eigenvalue weighted by molar-refractivity contribution is 5.96. The Labute approximate surface area is 156 Å². The third kappa shape index (κ3) is 3.47. The van der Waals surface area contributed by atoms with Gasteiger partial charge in [-0.05, 0) is 43.9 Å². The molecule has 0 unspecified atom stereocenters. The normalized spacial score (nSPS) is 26.2. The lowest BCUT2D eigenvalue weighted by Crippen LogP contribution is -2.49. The number of fused-ring (bicyclic) bond motifs is 1. The second-order valence-electron chi connectivity index (χ2n) is 8.44. The maximum atomic E-state index is 13.2. The van der Waals surface area contributed by atoms with Crippen LogP contribution in [0.15, 0.2) is 18.2 Å². The van der Waals surface area contributed by atoms with E-state index in [4.69, 9.17) is 4.74 Å². The van der Waals surface area contributed by atoms with Crippen molar-refractivity contribution in [1.82, 2.24) is 9.80 Å². The molecule has 0 aliphatic carbocycles. The molecular weight excluding hydrogens is 328 g/mol. The molecule has 2 atom stereocenters. The molecule has 0 aromatic heterocycles. The summed E-state index contributed by atoms with van der Waals surface area (Å²) >= 11 is 0. The van der Waals surface area contributed by atoms with Gasteiger partial charge in [0.1, 0.15) is 5.75 Å². The second-order valence-corrected chi connectivity index (χ2v) is 8.44. The van der Waals surface area contributed by atoms with Crippen molar-refractivity contribution >= 4 is 5.91 Å². The van der Waals surface area contributed by atoms with Gasteiger partial charge in [0.25, 0.3) is 5.91 Å². The lowest BCUT2D eigenvalue weighted by atomic mass is 9.73. The molecule has 2 heterocycles. The Morgan fingerprint density at radius 3 is 2.81 bits per heavy atom. The molecule has 1 N–H and O–H groups in total. The lowest BCUT2D eigenvalue weighted by molar-refractivity contribution is 0.0153. The number of aliphatic hydroxyl groups is 1. The summed E-state index contributed by atoms with van der Waals surface area (Å²) in [7, 11) is 1.63. The van der Waals surface area contributed by atoms with Crippen LogP contribution in [0.5, 0.6) is 5.75 Å². The third-order valence-electron chi connectivity index (χ3n) is 6.18. The molecule has 2 aliphatic heterocycles. The van der Waals surface area contributed by atoms with E-state index >= 15 is 0 Å². The van der Waals surface area contributed by atoms with Gasteiger partial charge in [0, 0.05) is 42.7 Å². The van der Waals surface area contributed by atoms with Crippen molar-refractivity contribution in [1.29, 1.82) is 0 Å². The first-order valence-corrected chi connectivity index (χ1v) is 9.66. The average molecular weight is 360 g/mol. The van der Waals surface area contributed by atoms with Crippen LogP contribution in [0.25, 0.3) is 0 Å². The largest absolute Gasteiger partial charge is 0.496 e. The van der Waals surface area contributed by atoms with Crippen LogP contribution in [-0.2, 0) is 0 Å². The van der Waals surface area contributed by atoms with Crippen molar-refractivity contribution in [2.24, 2.45) is 17.3 Å². The molecule has 144 valence electrons. The number of amides is 1. The minimum absolute atomic E-state index is 0.0547. The molecule has 3 rings (SSSR count). The topological polar surface area (TPSA) is 53.0 Å². The van der Waals surface area contributed by atoms with Crippen molar-refractivity contribution in [3.63, 3.8) is 0 Å². The Kier molecular flexibility index (Phi) is 5.58. The van der Waals surface area contributed by atoms with Crippen LogP contribution in [0.3, 0.4) is 0 Å². The molecule has 0 spiro atoms. The van der Waals surface area contributed by atoms with Gasteiger partial charge in [-0.1, -0.05) is 19.9 Å². The molecule has 5 nitrogen and oxygen atoms in total. The number of aliphatic hydroxyl groups excluding tert-OH is 1. The van der Waals surface area contributed by atoms with Crippen molar-refractivity contribution in [2.75, 3.05) is 46.4 Å². The fourth-order valence-electron chi connectivity index (χ4n) is 4.68. The Morgan fingerprint density at radius 2 is 2.15 bits per heavy atom. The average Bonchev–Trinajstić information content (AvgIpc) is 3.00. The molecule has 2 fully saturated rings. The van der Waals surface area contributed by atoms with E-state index in [1.807, 2.05) is 30.0 Å². The highest BCUT2D eigenvalue weighted by Gasteiger charge is 2.50. The van der Waals surface area contributed by atoms with E-state index in [-0.39, 0.29) is 17.9 Å². The Morgan fingerprint density at radius 1 is 1.38 bits per heavy atom. The van der Waals surface area contributed by atoms with Gasteiger partial charge in [0.2, 0.25) is 0 Å². The molecular formula is C21H32N2O3. The zero-order chi connectivity index (χ0) is 18.9. The van der Waals surface area contributed by atoms with Gasteiger partial charge < -0.3 is 19.6 Å². The number of piperidine rings is 1. The molecule has 0 bridgehead atoms. The van der Waals surface area contributed by atoms with E-state index in [9.17, 15) is 9.90 Å². The van der Waals surface area contributed by atoms with Crippen LogP contribution in [0.2, 0.25) is 0 Å². The van der Waals surface area contributed by atoms with Crippen LogP contribution in [0.4, 0.5) is 0 Å². The van der Waals surface area contributed by atoms with Gasteiger partial charge in [0.05, 0.1) is 13.7 Å². The summed E-state index contributed by atoms with van der Waals surface area (Å²) in [6.07, 6.45) is 0.960. The molecule has 26 heavy (non-hydrogen) atoms. The number of likely N-dealkylation sites (tertiary alicyclic amines) is 2. The number of hydrogen-bond donors (Lipinski definition) is 1. The minimum atomic E-state index is -0.143. The Bertz CT molecular complexity index is 661. The first kappa shape index (κ1) is 19.2. The van der Waals surface area contributed by atoms with E-state index in [0.29, 0.717) is 23.9 Å². The molecule has 0 saturated carbocycles. The quantitative estimate of drug-likeness (QED) is 0.876. The summed E-state index contributed by atoms with van der Waals surface area (Å²) in [5, 5.41) is 10.2. The van der Waals surface area contributed by atoms with E-state index < -0.39 is 0 Å². The summed E-state index contributed by atoms with van der Waals surface area (Å²) in [5.74, 6) is 1.77. The summed E-state index contributed by atoms with van der Waals surface area (Å²) in [5.41, 5.74) is 1.44. The smallest absolute Gasteiger partial charge is 0.254 e. The molecule has 5 heteroatoms. The number of carbonyl (C=O) groups excluding carboxylic acids is 1. The SMILES string of the molecule is COc1cccc(C(=O)N2C[C@@H]3CN(CC(C)C)CC[C@]3(CO)C2)c1C. The fourth-order valence-corrected chi connectivity index (χ4v) is 4.68. The van der Waals surface area contributed by atoms with Crippen LogP contribution in [0, 0.1) is 24.2 Å². The number of methoxy groups -OCH3 is 1. The maximum absolute atomic E-state index is 13.2. The predicted molar refractivity (Wildman–Crippen MR) is 103 cm³/mol. The van der Waals surface area contributed by atoms with E-state index in [1.165, 1.54) is 0 Å². The maximum Gasteiger partial charge on any atom is 0.254 e. The van der Waals surface area contributed by atoms with Gasteiger partial charge in [-0.3, -0.25) is 4.79 Å². The molecule has 2 saturated heterocycles. The fraction of sp³-hybridized carbons (Fsp3) is 0.667. The molecule has 1 aromatic carbocycles. The standard InChI is InChI=1S/C21H32N2O3/c1-15(2)10-22-9-8-21(14-24)13-23(12-17(21)11-22)20(25)18-6-5-7-19(26-4)16(18)3/h5-7,15,17,24H,8-14H2,1-4H3/t17-,21+/m0/s1. The number of rotatable bonds is 5. The van der Waals surface area contributed by atoms with Crippen LogP contribution in [-0.4, -0.2) is 67.3 Å². The van der Waals surface area contributed by atoms with Gasteiger partial charge in [-0.15, -0.1) is 0 Å². The van der Waals surface area contributed by atoms with Crippen molar-refractivity contribution in [2.45, 2.75) is 27.2 Å². The van der Waals surface area contributed by atoms with Gasteiger partial charge in [-0.25, -0.2) is 0 Å². The monoisotopic (exact) mass is 360 g/mol. The van der Waals surface area contributed by atoms with Crippen molar-refractivity contribution in [3.05, 3.63) is 29.3 Å². The zero-order valence-corrected chi connectivity index (χ0v) is 16.5. The highest BCUT2D eigenvalue weighted by atomic mass is 16.5. The number of nitrogens with zero attached hydrogens (tertiary/aromatic N) is 2. The molecule has 2 aliphatic rings. The van der Waals surface area contributed by atoms with Crippen LogP contribution in [0.1, 0.15) is 36.2 Å². The summed E-state index contributed by atoms with van der Waals surface area (Å²) in [6.45, 7) is 11.0. The van der Waals surface area contributed by atoms with Gasteiger partial charge in [-0.2, -0.15) is 0 Å². The third-order valence-corrected chi connectivity index (χ3v) is 6.18. The van der Waals surface area contributed by atoms with Crippen molar-refractivity contribution in [3.8, 4) is 5.75 Å².